The largest absolute Gasteiger partial charge is 0.310 e. The Bertz CT molecular complexity index is 492. The molecule has 1 atom stereocenters. The van der Waals surface area contributed by atoms with Crippen molar-refractivity contribution in [2.45, 2.75) is 32.9 Å². The number of nitrogens with one attached hydrogen (secondary N) is 1. The van der Waals surface area contributed by atoms with E-state index in [2.05, 4.69) is 58.5 Å². The summed E-state index contributed by atoms with van der Waals surface area (Å²) in [6.07, 6.45) is 5.13. The minimum absolute atomic E-state index is 0.355. The van der Waals surface area contributed by atoms with Crippen LogP contribution in [-0.2, 0) is 13.0 Å². The van der Waals surface area contributed by atoms with Crippen LogP contribution in [0.4, 0.5) is 0 Å². The van der Waals surface area contributed by atoms with Crippen molar-refractivity contribution in [2.75, 3.05) is 6.54 Å². The first-order chi connectivity index (χ1) is 8.69. The highest BCUT2D eigenvalue weighted by atomic mass is 79.9. The molecule has 2 aromatic heterocycles. The summed E-state index contributed by atoms with van der Waals surface area (Å²) >= 11 is 5.29. The predicted octanol–water partition coefficient (Wildman–Crippen LogP) is 3.62. The fraction of sp³-hybridized carbons (Fsp3) is 0.462. The van der Waals surface area contributed by atoms with E-state index >= 15 is 0 Å². The molecule has 0 spiro atoms. The summed E-state index contributed by atoms with van der Waals surface area (Å²) in [5.41, 5.74) is 1.25. The number of aryl methyl sites for hydroxylation is 1. The normalized spacial score (nSPS) is 12.8. The van der Waals surface area contributed by atoms with Crippen molar-refractivity contribution in [1.29, 1.82) is 0 Å². The Kier molecular flexibility index (Phi) is 4.97. The summed E-state index contributed by atoms with van der Waals surface area (Å²) < 4.78 is 3.17. The van der Waals surface area contributed by atoms with E-state index in [1.54, 1.807) is 11.3 Å². The molecule has 0 saturated heterocycles. The van der Waals surface area contributed by atoms with Crippen molar-refractivity contribution >= 4 is 27.3 Å². The number of rotatable bonds is 6. The van der Waals surface area contributed by atoms with Crippen LogP contribution in [0.3, 0.4) is 0 Å². The van der Waals surface area contributed by atoms with Crippen molar-refractivity contribution in [3.05, 3.63) is 38.8 Å². The fourth-order valence-electron chi connectivity index (χ4n) is 1.79. The lowest BCUT2D eigenvalue weighted by atomic mass is 10.2. The van der Waals surface area contributed by atoms with Gasteiger partial charge < -0.3 is 5.32 Å². The highest BCUT2D eigenvalue weighted by Gasteiger charge is 2.07. The van der Waals surface area contributed by atoms with Gasteiger partial charge >= 0.3 is 0 Å². The maximum atomic E-state index is 4.30. The van der Waals surface area contributed by atoms with Gasteiger partial charge in [-0.05, 0) is 48.3 Å². The molecule has 0 aliphatic carbocycles. The van der Waals surface area contributed by atoms with Gasteiger partial charge in [0.2, 0.25) is 0 Å². The summed E-state index contributed by atoms with van der Waals surface area (Å²) in [4.78, 5) is 1.41. The van der Waals surface area contributed by atoms with Crippen molar-refractivity contribution in [1.82, 2.24) is 15.1 Å². The van der Waals surface area contributed by atoms with Gasteiger partial charge in [0, 0.05) is 35.8 Å². The predicted molar refractivity (Wildman–Crippen MR) is 80.0 cm³/mol. The molecule has 0 radical (unpaired) electrons. The number of hydrogen-bond donors (Lipinski definition) is 1. The molecule has 1 unspecified atom stereocenters. The van der Waals surface area contributed by atoms with Crippen LogP contribution in [0.1, 0.15) is 30.3 Å². The maximum absolute atomic E-state index is 4.30. The Labute approximate surface area is 120 Å². The minimum atomic E-state index is 0.355. The number of hydrogen-bond acceptors (Lipinski definition) is 3. The minimum Gasteiger partial charge on any atom is -0.310 e. The van der Waals surface area contributed by atoms with Crippen molar-refractivity contribution in [2.24, 2.45) is 0 Å². The number of halogens is 1. The molecule has 98 valence electrons. The highest BCUT2D eigenvalue weighted by Crippen LogP contribution is 2.22. The second-order valence-corrected chi connectivity index (χ2v) is 6.81. The summed E-state index contributed by atoms with van der Waals surface area (Å²) in [7, 11) is 0. The van der Waals surface area contributed by atoms with E-state index in [0.29, 0.717) is 6.04 Å². The fourth-order valence-corrected chi connectivity index (χ4v) is 3.27. The van der Waals surface area contributed by atoms with Gasteiger partial charge in [-0.2, -0.15) is 5.10 Å². The van der Waals surface area contributed by atoms with E-state index in [1.165, 1.54) is 14.2 Å². The van der Waals surface area contributed by atoms with Crippen molar-refractivity contribution < 1.29 is 0 Å². The second kappa shape index (κ2) is 6.50. The zero-order valence-electron chi connectivity index (χ0n) is 10.7. The Morgan fingerprint density at radius 3 is 2.94 bits per heavy atom. The van der Waals surface area contributed by atoms with Crippen molar-refractivity contribution in [3.8, 4) is 0 Å². The lowest BCUT2D eigenvalue weighted by molar-refractivity contribution is 0.576. The van der Waals surface area contributed by atoms with Gasteiger partial charge in [-0.15, -0.1) is 11.3 Å². The van der Waals surface area contributed by atoms with Gasteiger partial charge in [0.1, 0.15) is 0 Å². The molecule has 0 aliphatic heterocycles. The van der Waals surface area contributed by atoms with Crippen LogP contribution in [0.5, 0.6) is 0 Å². The first-order valence-corrected chi connectivity index (χ1v) is 7.80. The van der Waals surface area contributed by atoms with Crippen LogP contribution in [0.15, 0.2) is 28.3 Å². The average molecular weight is 328 g/mol. The third-order valence-electron chi connectivity index (χ3n) is 2.93. The van der Waals surface area contributed by atoms with E-state index in [4.69, 9.17) is 0 Å². The van der Waals surface area contributed by atoms with Gasteiger partial charge in [-0.25, -0.2) is 0 Å². The van der Waals surface area contributed by atoms with Gasteiger partial charge in [0.05, 0.1) is 9.98 Å². The van der Waals surface area contributed by atoms with Crippen LogP contribution in [0.2, 0.25) is 0 Å². The third kappa shape index (κ3) is 3.67. The Balaban J connectivity index is 1.79. The van der Waals surface area contributed by atoms with Gasteiger partial charge in [0.25, 0.3) is 0 Å². The molecule has 1 N–H and O–H groups in total. The van der Waals surface area contributed by atoms with Crippen LogP contribution in [0, 0.1) is 0 Å². The number of aromatic nitrogens is 2. The smallest absolute Gasteiger partial charge is 0.0701 e. The van der Waals surface area contributed by atoms with Crippen LogP contribution in [0.25, 0.3) is 0 Å². The van der Waals surface area contributed by atoms with Gasteiger partial charge in [0.15, 0.2) is 0 Å². The summed E-state index contributed by atoms with van der Waals surface area (Å²) in [5.74, 6) is 0. The van der Waals surface area contributed by atoms with E-state index in [9.17, 15) is 0 Å². The van der Waals surface area contributed by atoms with E-state index < -0.39 is 0 Å². The zero-order chi connectivity index (χ0) is 13.0. The molecule has 0 amide bonds. The molecule has 0 aliphatic rings. The van der Waals surface area contributed by atoms with Crippen molar-refractivity contribution in [3.63, 3.8) is 0 Å². The molecule has 2 rings (SSSR count). The molecule has 18 heavy (non-hydrogen) atoms. The molecule has 0 bridgehead atoms. The Morgan fingerprint density at radius 2 is 2.33 bits per heavy atom. The SMILES string of the molecule is CCn1cc(C(C)NCCc2ccc(Br)s2)cn1. The van der Waals surface area contributed by atoms with Crippen LogP contribution < -0.4 is 5.32 Å². The molecular formula is C13H18BrN3S. The zero-order valence-corrected chi connectivity index (χ0v) is 13.1. The van der Waals surface area contributed by atoms with E-state index in [0.717, 1.165) is 19.5 Å². The first kappa shape index (κ1) is 13.8. The van der Waals surface area contributed by atoms with E-state index in [1.807, 2.05) is 10.9 Å². The number of nitrogens with zero attached hydrogens (tertiary/aromatic N) is 2. The Hall–Kier alpha value is -0.650. The molecule has 2 aromatic rings. The Morgan fingerprint density at radius 1 is 1.50 bits per heavy atom. The highest BCUT2D eigenvalue weighted by molar-refractivity contribution is 9.11. The molecule has 0 saturated carbocycles. The van der Waals surface area contributed by atoms with Crippen LogP contribution >= 0.6 is 27.3 Å². The van der Waals surface area contributed by atoms with Gasteiger partial charge in [-0.3, -0.25) is 4.68 Å². The second-order valence-electron chi connectivity index (χ2n) is 4.26. The maximum Gasteiger partial charge on any atom is 0.0701 e. The van der Waals surface area contributed by atoms with Crippen LogP contribution in [-0.4, -0.2) is 16.3 Å². The first-order valence-electron chi connectivity index (χ1n) is 6.19. The lowest BCUT2D eigenvalue weighted by Crippen LogP contribution is -2.20. The summed E-state index contributed by atoms with van der Waals surface area (Å²) in [6.45, 7) is 6.20. The topological polar surface area (TPSA) is 29.9 Å². The van der Waals surface area contributed by atoms with Gasteiger partial charge in [-0.1, -0.05) is 0 Å². The molecular weight excluding hydrogens is 310 g/mol. The molecule has 5 heteroatoms. The summed E-state index contributed by atoms with van der Waals surface area (Å²) in [6, 6.07) is 4.64. The quantitative estimate of drug-likeness (QED) is 0.878. The average Bonchev–Trinajstić information content (AvgIpc) is 2.98. The number of thiophene rings is 1. The third-order valence-corrected chi connectivity index (χ3v) is 4.61. The summed E-state index contributed by atoms with van der Waals surface area (Å²) in [5, 5.41) is 7.83. The molecule has 0 aromatic carbocycles. The van der Waals surface area contributed by atoms with E-state index in [-0.39, 0.29) is 0 Å². The molecule has 0 fully saturated rings. The lowest BCUT2D eigenvalue weighted by Gasteiger charge is -2.11. The molecule has 2 heterocycles. The molecule has 3 nitrogen and oxygen atoms in total. The standard InChI is InChI=1S/C13H18BrN3S/c1-3-17-9-11(8-16-17)10(2)15-7-6-12-4-5-13(14)18-12/h4-5,8-10,15H,3,6-7H2,1-2H3. The monoisotopic (exact) mass is 327 g/mol.